The Morgan fingerprint density at radius 2 is 1.93 bits per heavy atom. The first-order valence-electron chi connectivity index (χ1n) is 10.6. The minimum Gasteiger partial charge on any atom is -0.333 e. The lowest BCUT2D eigenvalue weighted by molar-refractivity contribution is -0.136. The van der Waals surface area contributed by atoms with E-state index in [1.807, 2.05) is 29.9 Å². The molecular weight excluding hydrogens is 334 g/mol. The summed E-state index contributed by atoms with van der Waals surface area (Å²) in [5.41, 5.74) is 5.05. The quantitative estimate of drug-likeness (QED) is 0.762. The molecule has 0 spiro atoms. The molecule has 4 rings (SSSR count). The molecular formula is C23H31N3O. The number of fused-ring (bicyclic) bond motifs is 1. The standard InChI is InChI=1S/C23H31N3O/c1-3-19(17-10-5-4-6-11-17)23(27)26(18-12-7-8-13-18)16-21-20-14-9-15-22(20)25(2)24-21/h4-6,10-11,18-19H,3,7-9,12-16H2,1-2H3. The van der Waals surface area contributed by atoms with E-state index < -0.39 is 0 Å². The molecule has 27 heavy (non-hydrogen) atoms. The second kappa shape index (κ2) is 7.87. The number of benzene rings is 1. The lowest BCUT2D eigenvalue weighted by Crippen LogP contribution is -2.41. The van der Waals surface area contributed by atoms with Crippen molar-refractivity contribution in [3.63, 3.8) is 0 Å². The second-order valence-corrected chi connectivity index (χ2v) is 8.13. The average molecular weight is 366 g/mol. The second-order valence-electron chi connectivity index (χ2n) is 8.13. The highest BCUT2D eigenvalue weighted by Crippen LogP contribution is 2.32. The zero-order chi connectivity index (χ0) is 18.8. The predicted octanol–water partition coefficient (Wildman–Crippen LogP) is 4.37. The molecule has 0 radical (unpaired) electrons. The highest BCUT2D eigenvalue weighted by Gasteiger charge is 2.33. The minimum absolute atomic E-state index is 0.0523. The average Bonchev–Trinajstić information content (AvgIpc) is 3.42. The van der Waals surface area contributed by atoms with Gasteiger partial charge in [0.05, 0.1) is 18.2 Å². The van der Waals surface area contributed by atoms with Gasteiger partial charge in [0, 0.05) is 18.8 Å². The van der Waals surface area contributed by atoms with Crippen LogP contribution in [0, 0.1) is 0 Å². The van der Waals surface area contributed by atoms with Gasteiger partial charge in [-0.2, -0.15) is 5.10 Å². The Morgan fingerprint density at radius 1 is 1.19 bits per heavy atom. The predicted molar refractivity (Wildman–Crippen MR) is 108 cm³/mol. The molecule has 1 aromatic carbocycles. The molecule has 144 valence electrons. The van der Waals surface area contributed by atoms with E-state index in [4.69, 9.17) is 5.10 Å². The van der Waals surface area contributed by atoms with Crippen LogP contribution in [-0.2, 0) is 31.2 Å². The maximum Gasteiger partial charge on any atom is 0.230 e. The Balaban J connectivity index is 1.63. The zero-order valence-electron chi connectivity index (χ0n) is 16.7. The third-order valence-corrected chi connectivity index (χ3v) is 6.48. The number of amides is 1. The van der Waals surface area contributed by atoms with Gasteiger partial charge in [0.15, 0.2) is 0 Å². The first-order chi connectivity index (χ1) is 13.2. The molecule has 1 amide bonds. The summed E-state index contributed by atoms with van der Waals surface area (Å²) in [6, 6.07) is 10.7. The van der Waals surface area contributed by atoms with Crippen molar-refractivity contribution in [2.24, 2.45) is 7.05 Å². The van der Waals surface area contributed by atoms with E-state index in [0.717, 1.165) is 43.4 Å². The summed E-state index contributed by atoms with van der Waals surface area (Å²) < 4.78 is 2.05. The summed E-state index contributed by atoms with van der Waals surface area (Å²) >= 11 is 0. The summed E-state index contributed by atoms with van der Waals surface area (Å²) in [6.07, 6.45) is 9.02. The van der Waals surface area contributed by atoms with Crippen molar-refractivity contribution in [3.05, 3.63) is 52.8 Å². The Bertz CT molecular complexity index is 789. The van der Waals surface area contributed by atoms with Crippen LogP contribution in [0.15, 0.2) is 30.3 Å². The molecule has 2 aromatic rings. The first kappa shape index (κ1) is 18.3. The Kier molecular flexibility index (Phi) is 5.33. The summed E-state index contributed by atoms with van der Waals surface area (Å²) in [6.45, 7) is 2.80. The molecule has 2 aliphatic rings. The van der Waals surface area contributed by atoms with Crippen LogP contribution in [0.5, 0.6) is 0 Å². The molecule has 0 N–H and O–H groups in total. The fraction of sp³-hybridized carbons (Fsp3) is 0.565. The Hall–Kier alpha value is -2.10. The van der Waals surface area contributed by atoms with Crippen molar-refractivity contribution in [1.29, 1.82) is 0 Å². The van der Waals surface area contributed by atoms with Crippen molar-refractivity contribution in [3.8, 4) is 0 Å². The lowest BCUT2D eigenvalue weighted by Gasteiger charge is -2.32. The van der Waals surface area contributed by atoms with Crippen LogP contribution >= 0.6 is 0 Å². The summed E-state index contributed by atoms with van der Waals surface area (Å²) in [5, 5.41) is 4.81. The largest absolute Gasteiger partial charge is 0.333 e. The molecule has 1 atom stereocenters. The van der Waals surface area contributed by atoms with E-state index in [9.17, 15) is 4.79 Å². The molecule has 1 heterocycles. The van der Waals surface area contributed by atoms with Gasteiger partial charge in [0.2, 0.25) is 5.91 Å². The minimum atomic E-state index is -0.0523. The Morgan fingerprint density at radius 3 is 2.63 bits per heavy atom. The lowest BCUT2D eigenvalue weighted by atomic mass is 9.94. The number of hydrogen-bond donors (Lipinski definition) is 0. The third-order valence-electron chi connectivity index (χ3n) is 6.48. The van der Waals surface area contributed by atoms with E-state index in [1.165, 1.54) is 30.5 Å². The number of carbonyl (C=O) groups is 1. The van der Waals surface area contributed by atoms with E-state index in [-0.39, 0.29) is 11.8 Å². The number of hydrogen-bond acceptors (Lipinski definition) is 2. The maximum atomic E-state index is 13.7. The van der Waals surface area contributed by atoms with Gasteiger partial charge >= 0.3 is 0 Å². The van der Waals surface area contributed by atoms with Gasteiger partial charge in [-0.25, -0.2) is 0 Å². The van der Waals surface area contributed by atoms with E-state index >= 15 is 0 Å². The highest BCUT2D eigenvalue weighted by atomic mass is 16.2. The fourth-order valence-electron chi connectivity index (χ4n) is 5.03. The van der Waals surface area contributed by atoms with E-state index in [1.54, 1.807) is 0 Å². The van der Waals surface area contributed by atoms with Crippen LogP contribution in [0.3, 0.4) is 0 Å². The molecule has 1 saturated carbocycles. The molecule has 4 heteroatoms. The van der Waals surface area contributed by atoms with Gasteiger partial charge in [-0.1, -0.05) is 50.1 Å². The summed E-state index contributed by atoms with van der Waals surface area (Å²) in [4.78, 5) is 15.8. The summed E-state index contributed by atoms with van der Waals surface area (Å²) in [7, 11) is 2.05. The van der Waals surface area contributed by atoms with Crippen LogP contribution < -0.4 is 0 Å². The molecule has 1 unspecified atom stereocenters. The number of nitrogens with zero attached hydrogens (tertiary/aromatic N) is 3. The number of carbonyl (C=O) groups excluding carboxylic acids is 1. The van der Waals surface area contributed by atoms with Gasteiger partial charge in [-0.05, 0) is 49.7 Å². The van der Waals surface area contributed by atoms with E-state index in [2.05, 4.69) is 24.0 Å². The molecule has 1 aromatic heterocycles. The van der Waals surface area contributed by atoms with Crippen molar-refractivity contribution in [2.75, 3.05) is 0 Å². The molecule has 0 bridgehead atoms. The first-order valence-corrected chi connectivity index (χ1v) is 10.6. The number of aromatic nitrogens is 2. The SMILES string of the molecule is CCC(C(=O)N(Cc1nn(C)c2c1CCC2)C1CCCC1)c1ccccc1. The van der Waals surface area contributed by atoms with Crippen molar-refractivity contribution < 1.29 is 4.79 Å². The molecule has 2 aliphatic carbocycles. The van der Waals surface area contributed by atoms with Gasteiger partial charge in [-0.3, -0.25) is 9.48 Å². The van der Waals surface area contributed by atoms with Crippen molar-refractivity contribution in [2.45, 2.75) is 76.8 Å². The van der Waals surface area contributed by atoms with Gasteiger partial charge in [0.25, 0.3) is 0 Å². The number of rotatable bonds is 6. The number of aryl methyl sites for hydroxylation is 1. The van der Waals surface area contributed by atoms with Crippen LogP contribution in [0.25, 0.3) is 0 Å². The van der Waals surface area contributed by atoms with Gasteiger partial charge in [-0.15, -0.1) is 0 Å². The maximum absolute atomic E-state index is 13.7. The van der Waals surface area contributed by atoms with Crippen LogP contribution in [-0.4, -0.2) is 26.6 Å². The van der Waals surface area contributed by atoms with Gasteiger partial charge in [0.1, 0.15) is 0 Å². The van der Waals surface area contributed by atoms with Crippen molar-refractivity contribution >= 4 is 5.91 Å². The molecule has 0 saturated heterocycles. The van der Waals surface area contributed by atoms with Crippen LogP contribution in [0.2, 0.25) is 0 Å². The molecule has 1 fully saturated rings. The third kappa shape index (κ3) is 3.54. The molecule has 4 nitrogen and oxygen atoms in total. The van der Waals surface area contributed by atoms with Crippen LogP contribution in [0.1, 0.15) is 73.9 Å². The van der Waals surface area contributed by atoms with Gasteiger partial charge < -0.3 is 4.90 Å². The smallest absolute Gasteiger partial charge is 0.230 e. The summed E-state index contributed by atoms with van der Waals surface area (Å²) in [5.74, 6) is 0.233. The van der Waals surface area contributed by atoms with Crippen LogP contribution in [0.4, 0.5) is 0 Å². The normalized spacial score (nSPS) is 17.9. The monoisotopic (exact) mass is 365 g/mol. The van der Waals surface area contributed by atoms with E-state index in [0.29, 0.717) is 12.6 Å². The topological polar surface area (TPSA) is 38.1 Å². The Labute approximate surface area is 162 Å². The fourth-order valence-corrected chi connectivity index (χ4v) is 5.03. The highest BCUT2D eigenvalue weighted by molar-refractivity contribution is 5.84. The molecule has 0 aliphatic heterocycles. The zero-order valence-corrected chi connectivity index (χ0v) is 16.7. The van der Waals surface area contributed by atoms with Crippen molar-refractivity contribution in [1.82, 2.24) is 14.7 Å².